The lowest BCUT2D eigenvalue weighted by molar-refractivity contribution is -0.0458. The SMILES string of the molecule is CC(C)CN(C(=O)O)c1cn([C@H]2C[C@H](O)[C@@H](CO)O2)c(=O)[nH]c1=O. The first-order valence-electron chi connectivity index (χ1n) is 7.54. The van der Waals surface area contributed by atoms with Gasteiger partial charge in [0, 0.05) is 19.2 Å². The Morgan fingerprint density at radius 1 is 1.50 bits per heavy atom. The predicted molar refractivity (Wildman–Crippen MR) is 83.2 cm³/mol. The molecule has 0 unspecified atom stereocenters. The van der Waals surface area contributed by atoms with E-state index in [1.165, 1.54) is 0 Å². The van der Waals surface area contributed by atoms with Crippen molar-refractivity contribution < 1.29 is 24.9 Å². The summed E-state index contributed by atoms with van der Waals surface area (Å²) in [7, 11) is 0. The fourth-order valence-electron chi connectivity index (χ4n) is 2.58. The molecule has 1 aromatic rings. The third kappa shape index (κ3) is 3.66. The van der Waals surface area contributed by atoms with Crippen LogP contribution < -0.4 is 16.1 Å². The summed E-state index contributed by atoms with van der Waals surface area (Å²) < 4.78 is 6.40. The normalized spacial score (nSPS) is 23.6. The molecule has 1 amide bonds. The summed E-state index contributed by atoms with van der Waals surface area (Å²) in [5, 5.41) is 28.2. The zero-order valence-electron chi connectivity index (χ0n) is 13.4. The number of carbonyl (C=O) groups is 1. The molecule has 10 nitrogen and oxygen atoms in total. The molecule has 3 atom stereocenters. The number of aliphatic hydroxyl groups is 2. The number of hydrogen-bond acceptors (Lipinski definition) is 6. The van der Waals surface area contributed by atoms with Crippen molar-refractivity contribution in [3.63, 3.8) is 0 Å². The number of hydrogen-bond donors (Lipinski definition) is 4. The van der Waals surface area contributed by atoms with E-state index in [4.69, 9.17) is 9.84 Å². The number of H-pyrrole nitrogens is 1. The van der Waals surface area contributed by atoms with E-state index in [0.717, 1.165) is 15.7 Å². The van der Waals surface area contributed by atoms with Crippen LogP contribution >= 0.6 is 0 Å². The molecule has 0 saturated carbocycles. The predicted octanol–water partition coefficient (Wildman–Crippen LogP) is -0.682. The quantitative estimate of drug-likeness (QED) is 0.554. The fourth-order valence-corrected chi connectivity index (χ4v) is 2.58. The van der Waals surface area contributed by atoms with Gasteiger partial charge in [0.1, 0.15) is 18.0 Å². The molecule has 134 valence electrons. The molecule has 0 aromatic carbocycles. The number of anilines is 1. The Bertz CT molecular complexity index is 711. The molecular weight excluding hydrogens is 322 g/mol. The molecule has 1 aromatic heterocycles. The number of aromatic nitrogens is 2. The monoisotopic (exact) mass is 343 g/mol. The first-order valence-corrected chi connectivity index (χ1v) is 7.54. The minimum absolute atomic E-state index is 0.0356. The molecule has 1 aliphatic rings. The van der Waals surface area contributed by atoms with E-state index in [0.29, 0.717) is 0 Å². The Morgan fingerprint density at radius 3 is 2.67 bits per heavy atom. The maximum Gasteiger partial charge on any atom is 0.412 e. The first-order chi connectivity index (χ1) is 11.2. The maximum atomic E-state index is 12.0. The molecule has 0 aliphatic carbocycles. The number of rotatable bonds is 5. The number of ether oxygens (including phenoxy) is 1. The zero-order chi connectivity index (χ0) is 18.0. The molecule has 0 spiro atoms. The maximum absolute atomic E-state index is 12.0. The van der Waals surface area contributed by atoms with Crippen molar-refractivity contribution in [2.75, 3.05) is 18.1 Å². The molecule has 2 heterocycles. The second-order valence-corrected chi connectivity index (χ2v) is 6.08. The minimum atomic E-state index is -1.32. The summed E-state index contributed by atoms with van der Waals surface area (Å²) >= 11 is 0. The second kappa shape index (κ2) is 7.16. The topological polar surface area (TPSA) is 145 Å². The van der Waals surface area contributed by atoms with Crippen molar-refractivity contribution in [2.24, 2.45) is 5.92 Å². The van der Waals surface area contributed by atoms with E-state index < -0.39 is 42.4 Å². The van der Waals surface area contributed by atoms with E-state index in [1.54, 1.807) is 13.8 Å². The van der Waals surface area contributed by atoms with Crippen molar-refractivity contribution in [2.45, 2.75) is 38.7 Å². The number of nitrogens with one attached hydrogen (secondary N) is 1. The summed E-state index contributed by atoms with van der Waals surface area (Å²) in [6.07, 6.45) is -2.89. The number of aliphatic hydroxyl groups excluding tert-OH is 2. The molecule has 1 saturated heterocycles. The smallest absolute Gasteiger partial charge is 0.412 e. The summed E-state index contributed by atoms with van der Waals surface area (Å²) in [6, 6.07) is 0. The average Bonchev–Trinajstić information content (AvgIpc) is 2.85. The first kappa shape index (κ1) is 18.2. The van der Waals surface area contributed by atoms with Gasteiger partial charge in [-0.25, -0.2) is 9.59 Å². The van der Waals surface area contributed by atoms with Crippen molar-refractivity contribution in [1.29, 1.82) is 0 Å². The Balaban J connectivity index is 2.43. The highest BCUT2D eigenvalue weighted by Gasteiger charge is 2.35. The molecule has 1 aliphatic heterocycles. The van der Waals surface area contributed by atoms with Gasteiger partial charge in [-0.15, -0.1) is 0 Å². The number of aromatic amines is 1. The van der Waals surface area contributed by atoms with Gasteiger partial charge in [-0.1, -0.05) is 13.8 Å². The summed E-state index contributed by atoms with van der Waals surface area (Å²) in [5.41, 5.74) is -1.81. The van der Waals surface area contributed by atoms with Gasteiger partial charge in [0.25, 0.3) is 5.56 Å². The molecule has 0 bridgehead atoms. The Kier molecular flexibility index (Phi) is 5.42. The van der Waals surface area contributed by atoms with Gasteiger partial charge in [-0.05, 0) is 5.92 Å². The van der Waals surface area contributed by atoms with Gasteiger partial charge >= 0.3 is 11.8 Å². The van der Waals surface area contributed by atoms with Crippen LogP contribution in [-0.4, -0.2) is 56.3 Å². The van der Waals surface area contributed by atoms with Crippen LogP contribution in [0.15, 0.2) is 15.8 Å². The molecule has 4 N–H and O–H groups in total. The number of carboxylic acid groups (broad SMARTS) is 1. The molecule has 2 rings (SSSR count). The third-order valence-electron chi connectivity index (χ3n) is 3.71. The van der Waals surface area contributed by atoms with Gasteiger partial charge in [0.2, 0.25) is 0 Å². The fraction of sp³-hybridized carbons (Fsp3) is 0.643. The molecular formula is C14H21N3O7. The van der Waals surface area contributed by atoms with Crippen molar-refractivity contribution >= 4 is 11.8 Å². The lowest BCUT2D eigenvalue weighted by Gasteiger charge is -2.22. The van der Waals surface area contributed by atoms with Crippen molar-refractivity contribution in [3.05, 3.63) is 27.0 Å². The van der Waals surface area contributed by atoms with Gasteiger partial charge in [-0.2, -0.15) is 0 Å². The number of nitrogens with zero attached hydrogens (tertiary/aromatic N) is 2. The van der Waals surface area contributed by atoms with E-state index in [2.05, 4.69) is 4.98 Å². The van der Waals surface area contributed by atoms with E-state index in [9.17, 15) is 24.6 Å². The van der Waals surface area contributed by atoms with Crippen LogP contribution in [0.1, 0.15) is 26.5 Å². The highest BCUT2D eigenvalue weighted by Crippen LogP contribution is 2.27. The second-order valence-electron chi connectivity index (χ2n) is 6.08. The standard InChI is InChI=1S/C14H21N3O7/c1-7(2)4-16(14(22)23)8-5-17(13(21)15-12(8)20)11-3-9(19)10(6-18)24-11/h5,7,9-11,18-19H,3-4,6H2,1-2H3,(H,22,23)(H,15,20,21)/t9-,10+,11+/m0/s1. The van der Waals surface area contributed by atoms with Gasteiger partial charge < -0.3 is 20.1 Å². The highest BCUT2D eigenvalue weighted by molar-refractivity contribution is 5.85. The van der Waals surface area contributed by atoms with E-state index in [1.807, 2.05) is 0 Å². The van der Waals surface area contributed by atoms with Crippen LogP contribution in [0.2, 0.25) is 0 Å². The Morgan fingerprint density at radius 2 is 2.17 bits per heavy atom. The zero-order valence-corrected chi connectivity index (χ0v) is 13.4. The van der Waals surface area contributed by atoms with Gasteiger partial charge in [0.15, 0.2) is 0 Å². The molecule has 24 heavy (non-hydrogen) atoms. The van der Waals surface area contributed by atoms with Crippen LogP contribution in [0.3, 0.4) is 0 Å². The Labute approximate surface area is 136 Å². The highest BCUT2D eigenvalue weighted by atomic mass is 16.5. The minimum Gasteiger partial charge on any atom is -0.465 e. The third-order valence-corrected chi connectivity index (χ3v) is 3.71. The van der Waals surface area contributed by atoms with Crippen LogP contribution in [-0.2, 0) is 4.74 Å². The molecule has 0 radical (unpaired) electrons. The van der Waals surface area contributed by atoms with Crippen molar-refractivity contribution in [3.8, 4) is 0 Å². The van der Waals surface area contributed by atoms with E-state index >= 15 is 0 Å². The van der Waals surface area contributed by atoms with Gasteiger partial charge in [0.05, 0.1) is 12.7 Å². The van der Waals surface area contributed by atoms with E-state index in [-0.39, 0.29) is 24.6 Å². The number of amides is 1. The summed E-state index contributed by atoms with van der Waals surface area (Å²) in [5.74, 6) is -0.0378. The van der Waals surface area contributed by atoms with Crippen LogP contribution in [0, 0.1) is 5.92 Å². The largest absolute Gasteiger partial charge is 0.465 e. The molecule has 1 fully saturated rings. The lowest BCUT2D eigenvalue weighted by Crippen LogP contribution is -2.41. The summed E-state index contributed by atoms with van der Waals surface area (Å²) in [4.78, 5) is 38.4. The Hall–Kier alpha value is -2.17. The van der Waals surface area contributed by atoms with Crippen LogP contribution in [0.5, 0.6) is 0 Å². The summed E-state index contributed by atoms with van der Waals surface area (Å²) in [6.45, 7) is 3.24. The van der Waals surface area contributed by atoms with Gasteiger partial charge in [-0.3, -0.25) is 19.2 Å². The van der Waals surface area contributed by atoms with Crippen LogP contribution in [0.25, 0.3) is 0 Å². The van der Waals surface area contributed by atoms with Crippen LogP contribution in [0.4, 0.5) is 10.5 Å². The lowest BCUT2D eigenvalue weighted by atomic mass is 10.2. The molecule has 10 heteroatoms. The van der Waals surface area contributed by atoms with Crippen molar-refractivity contribution in [1.82, 2.24) is 9.55 Å². The average molecular weight is 343 g/mol.